The van der Waals surface area contributed by atoms with Gasteiger partial charge in [0.15, 0.2) is 0 Å². The summed E-state index contributed by atoms with van der Waals surface area (Å²) in [6.07, 6.45) is 6.99. The highest BCUT2D eigenvalue weighted by Crippen LogP contribution is 2.26. The van der Waals surface area contributed by atoms with Gasteiger partial charge in [-0.15, -0.1) is 0 Å². The minimum Gasteiger partial charge on any atom is -0.480 e. The van der Waals surface area contributed by atoms with Crippen LogP contribution in [0.25, 0.3) is 0 Å². The van der Waals surface area contributed by atoms with E-state index in [1.165, 1.54) is 0 Å². The minimum atomic E-state index is -0.885. The lowest BCUT2D eigenvalue weighted by Crippen LogP contribution is -2.45. The molecule has 0 aromatic carbocycles. The lowest BCUT2D eigenvalue weighted by molar-refractivity contribution is -0.138. The number of hydrogen-bond donors (Lipinski definition) is 3. The number of nitrogens with zero attached hydrogens (tertiary/aromatic N) is 2. The Labute approximate surface area is 167 Å². The summed E-state index contributed by atoms with van der Waals surface area (Å²) in [7, 11) is 0. The van der Waals surface area contributed by atoms with Crippen molar-refractivity contribution < 1.29 is 29.6 Å². The lowest BCUT2D eigenvalue weighted by atomic mass is 9.86. The molecule has 0 aliphatic heterocycles. The molecule has 4 unspecified atom stereocenters. The van der Waals surface area contributed by atoms with Crippen LogP contribution < -0.4 is 0 Å². The van der Waals surface area contributed by atoms with E-state index in [1.54, 1.807) is 0 Å². The van der Waals surface area contributed by atoms with Gasteiger partial charge in [-0.2, -0.15) is 0 Å². The predicted octanol–water partition coefficient (Wildman–Crippen LogP) is 0.908. The number of aliphatic carboxylic acids is 1. The smallest absolute Gasteiger partial charge is 0.317 e. The van der Waals surface area contributed by atoms with Crippen molar-refractivity contribution >= 4 is 12.4 Å². The maximum atomic E-state index is 11.3. The van der Waals surface area contributed by atoms with E-state index in [4.69, 9.17) is 4.74 Å². The van der Waals surface area contributed by atoms with Crippen LogP contribution in [0.2, 0.25) is 0 Å². The predicted molar refractivity (Wildman–Crippen MR) is 104 cm³/mol. The topological polar surface area (TPSA) is 111 Å². The number of hydrogen-bond acceptors (Lipinski definition) is 7. The fraction of sp³-hybridized carbons (Fsp3) is 0.900. The van der Waals surface area contributed by atoms with Crippen molar-refractivity contribution in [2.75, 3.05) is 39.5 Å². The highest BCUT2D eigenvalue weighted by molar-refractivity contribution is 5.69. The molecule has 0 heterocycles. The average Bonchev–Trinajstić information content (AvgIpc) is 2.66. The Morgan fingerprint density at radius 3 is 1.89 bits per heavy atom. The third kappa shape index (κ3) is 8.03. The van der Waals surface area contributed by atoms with Gasteiger partial charge in [0.05, 0.1) is 18.8 Å². The summed E-state index contributed by atoms with van der Waals surface area (Å²) in [6.45, 7) is 2.73. The number of aliphatic hydroxyl groups is 2. The zero-order chi connectivity index (χ0) is 20.4. The van der Waals surface area contributed by atoms with Crippen LogP contribution in [0.5, 0.6) is 0 Å². The molecule has 28 heavy (non-hydrogen) atoms. The van der Waals surface area contributed by atoms with Crippen LogP contribution in [0.15, 0.2) is 0 Å². The number of carbonyl (C=O) groups excluding carboxylic acids is 1. The van der Waals surface area contributed by atoms with E-state index in [0.717, 1.165) is 51.4 Å². The van der Waals surface area contributed by atoms with Gasteiger partial charge in [-0.25, -0.2) is 0 Å². The van der Waals surface area contributed by atoms with Gasteiger partial charge in [-0.05, 0) is 37.5 Å². The molecule has 0 bridgehead atoms. The lowest BCUT2D eigenvalue weighted by Gasteiger charge is -2.35. The Hall–Kier alpha value is -1.22. The molecule has 8 nitrogen and oxygen atoms in total. The van der Waals surface area contributed by atoms with E-state index in [0.29, 0.717) is 32.7 Å². The summed E-state index contributed by atoms with van der Waals surface area (Å²) < 4.78 is 4.94. The Morgan fingerprint density at radius 1 is 0.893 bits per heavy atom. The van der Waals surface area contributed by atoms with Crippen LogP contribution >= 0.6 is 0 Å². The number of carboxylic acid groups (broad SMARTS) is 1. The van der Waals surface area contributed by atoms with Crippen molar-refractivity contribution in [3.05, 3.63) is 0 Å². The summed E-state index contributed by atoms with van der Waals surface area (Å²) in [5.74, 6) is -0.631. The SMILES string of the molecule is O=COCN(CCN(CC(=O)O)CC1CCCCC1O)CC1CCCCC1O. The van der Waals surface area contributed by atoms with E-state index >= 15 is 0 Å². The number of carboxylic acids is 1. The second kappa shape index (κ2) is 12.4. The molecule has 162 valence electrons. The molecule has 2 saturated carbocycles. The van der Waals surface area contributed by atoms with Crippen molar-refractivity contribution in [1.29, 1.82) is 0 Å². The number of carbonyl (C=O) groups is 2. The van der Waals surface area contributed by atoms with Crippen LogP contribution in [0.1, 0.15) is 51.4 Å². The molecule has 0 radical (unpaired) electrons. The monoisotopic (exact) mass is 400 g/mol. The highest BCUT2D eigenvalue weighted by atomic mass is 16.5. The normalized spacial score (nSPS) is 28.4. The molecule has 4 atom stereocenters. The van der Waals surface area contributed by atoms with Crippen LogP contribution in [-0.4, -0.2) is 89.2 Å². The second-order valence-corrected chi connectivity index (χ2v) is 8.32. The first kappa shape index (κ1) is 23.1. The van der Waals surface area contributed by atoms with Crippen molar-refractivity contribution in [1.82, 2.24) is 9.80 Å². The van der Waals surface area contributed by atoms with Crippen LogP contribution in [0, 0.1) is 11.8 Å². The molecule has 0 aromatic rings. The second-order valence-electron chi connectivity index (χ2n) is 8.32. The van der Waals surface area contributed by atoms with Gasteiger partial charge in [-0.1, -0.05) is 25.7 Å². The van der Waals surface area contributed by atoms with Crippen LogP contribution in [0.4, 0.5) is 0 Å². The first-order chi connectivity index (χ1) is 13.5. The van der Waals surface area contributed by atoms with Crippen molar-refractivity contribution in [2.24, 2.45) is 11.8 Å². The molecule has 2 aliphatic carbocycles. The molecule has 0 aromatic heterocycles. The zero-order valence-corrected chi connectivity index (χ0v) is 16.7. The van der Waals surface area contributed by atoms with Crippen LogP contribution in [-0.2, 0) is 14.3 Å². The fourth-order valence-electron chi connectivity index (χ4n) is 4.52. The first-order valence-electron chi connectivity index (χ1n) is 10.6. The minimum absolute atomic E-state index is 0.0718. The van der Waals surface area contributed by atoms with Gasteiger partial charge < -0.3 is 20.1 Å². The summed E-state index contributed by atoms with van der Waals surface area (Å²) in [6, 6.07) is 0. The molecule has 0 amide bonds. The fourth-order valence-corrected chi connectivity index (χ4v) is 4.52. The Morgan fingerprint density at radius 2 is 1.39 bits per heavy atom. The van der Waals surface area contributed by atoms with E-state index in [-0.39, 0.29) is 37.3 Å². The molecule has 2 aliphatic rings. The van der Waals surface area contributed by atoms with Gasteiger partial charge in [-0.3, -0.25) is 19.4 Å². The average molecular weight is 401 g/mol. The first-order valence-corrected chi connectivity index (χ1v) is 10.6. The van der Waals surface area contributed by atoms with Crippen molar-refractivity contribution in [3.63, 3.8) is 0 Å². The molecule has 2 rings (SSSR count). The zero-order valence-electron chi connectivity index (χ0n) is 16.7. The Balaban J connectivity index is 1.90. The van der Waals surface area contributed by atoms with Gasteiger partial charge >= 0.3 is 5.97 Å². The number of ether oxygens (including phenoxy) is 1. The highest BCUT2D eigenvalue weighted by Gasteiger charge is 2.28. The Kier molecular flexibility index (Phi) is 10.2. The number of aliphatic hydroxyl groups excluding tert-OH is 2. The van der Waals surface area contributed by atoms with Gasteiger partial charge in [0, 0.05) is 26.2 Å². The van der Waals surface area contributed by atoms with Gasteiger partial charge in [0.25, 0.3) is 6.47 Å². The van der Waals surface area contributed by atoms with E-state index in [2.05, 4.69) is 0 Å². The molecule has 0 spiro atoms. The van der Waals surface area contributed by atoms with E-state index < -0.39 is 5.97 Å². The standard InChI is InChI=1S/C20H36N2O6/c23-15-28-14-22(12-17-6-2-4-8-19(17)25)10-9-21(13-20(26)27)11-16-5-1-3-7-18(16)24/h15-19,24-25H,1-14H2,(H,26,27). The van der Waals surface area contributed by atoms with Gasteiger partial charge in [0.1, 0.15) is 6.73 Å². The van der Waals surface area contributed by atoms with Crippen LogP contribution in [0.3, 0.4) is 0 Å². The molecular formula is C20H36N2O6. The largest absolute Gasteiger partial charge is 0.480 e. The molecule has 8 heteroatoms. The third-order valence-electron chi connectivity index (χ3n) is 6.14. The van der Waals surface area contributed by atoms with E-state index in [9.17, 15) is 24.9 Å². The van der Waals surface area contributed by atoms with Gasteiger partial charge in [0.2, 0.25) is 0 Å². The summed E-state index contributed by atoms with van der Waals surface area (Å²) in [4.78, 5) is 25.8. The van der Waals surface area contributed by atoms with Crippen molar-refractivity contribution in [2.45, 2.75) is 63.6 Å². The summed E-state index contributed by atoms with van der Waals surface area (Å²) in [5, 5.41) is 29.7. The quantitative estimate of drug-likeness (QED) is 0.327. The molecule has 3 N–H and O–H groups in total. The Bertz CT molecular complexity index is 478. The van der Waals surface area contributed by atoms with Crippen molar-refractivity contribution in [3.8, 4) is 0 Å². The summed E-state index contributed by atoms with van der Waals surface area (Å²) >= 11 is 0. The molecule has 2 fully saturated rings. The molecule has 0 saturated heterocycles. The molecular weight excluding hydrogens is 364 g/mol. The third-order valence-corrected chi connectivity index (χ3v) is 6.14. The summed E-state index contributed by atoms with van der Waals surface area (Å²) in [5.41, 5.74) is 0. The maximum absolute atomic E-state index is 11.3. The number of rotatable bonds is 12. The maximum Gasteiger partial charge on any atom is 0.317 e. The van der Waals surface area contributed by atoms with E-state index in [1.807, 2.05) is 9.80 Å².